The molecule has 1 aliphatic heterocycles. The molecule has 1 aromatic carbocycles. The first-order valence-electron chi connectivity index (χ1n) is 6.82. The van der Waals surface area contributed by atoms with E-state index in [1.165, 1.54) is 0 Å². The standard InChI is InChI=1S/C17H13N3O/c21-17-14(7-12-3-1-2-4-15(12)20-17)16-8-11-5-6-18-9-13(11)10-19-16/h1-9,19H,10H2,(H,20,21). The van der Waals surface area contributed by atoms with Crippen molar-refractivity contribution in [2.45, 2.75) is 6.54 Å². The number of aromatic amines is 1. The zero-order chi connectivity index (χ0) is 14.2. The van der Waals surface area contributed by atoms with E-state index in [1.807, 2.05) is 48.7 Å². The fourth-order valence-electron chi connectivity index (χ4n) is 2.64. The summed E-state index contributed by atoms with van der Waals surface area (Å²) >= 11 is 0. The summed E-state index contributed by atoms with van der Waals surface area (Å²) in [6.45, 7) is 0.682. The van der Waals surface area contributed by atoms with E-state index in [0.29, 0.717) is 12.1 Å². The maximum absolute atomic E-state index is 12.3. The Morgan fingerprint density at radius 3 is 3.00 bits per heavy atom. The van der Waals surface area contributed by atoms with E-state index >= 15 is 0 Å². The molecule has 0 amide bonds. The Labute approximate surface area is 121 Å². The van der Waals surface area contributed by atoms with Crippen LogP contribution in [0.25, 0.3) is 22.7 Å². The molecule has 102 valence electrons. The van der Waals surface area contributed by atoms with Crippen molar-refractivity contribution < 1.29 is 0 Å². The van der Waals surface area contributed by atoms with Gasteiger partial charge in [-0.2, -0.15) is 0 Å². The topological polar surface area (TPSA) is 57.8 Å². The number of benzene rings is 1. The van der Waals surface area contributed by atoms with Crippen molar-refractivity contribution in [1.29, 1.82) is 0 Å². The van der Waals surface area contributed by atoms with Crippen molar-refractivity contribution in [1.82, 2.24) is 15.3 Å². The predicted octanol–water partition coefficient (Wildman–Crippen LogP) is 2.52. The second-order valence-electron chi connectivity index (χ2n) is 5.09. The Hall–Kier alpha value is -2.88. The average Bonchev–Trinajstić information content (AvgIpc) is 2.54. The van der Waals surface area contributed by atoms with Gasteiger partial charge in [0.25, 0.3) is 5.56 Å². The number of nitrogens with zero attached hydrogens (tertiary/aromatic N) is 1. The molecular weight excluding hydrogens is 262 g/mol. The number of hydrogen-bond donors (Lipinski definition) is 2. The SMILES string of the molecule is O=c1[nH]c2ccccc2cc1C1=Cc2ccncc2CN1. The number of aromatic nitrogens is 2. The number of para-hydroxylation sites is 1. The summed E-state index contributed by atoms with van der Waals surface area (Å²) in [7, 11) is 0. The lowest BCUT2D eigenvalue weighted by Gasteiger charge is -2.18. The van der Waals surface area contributed by atoms with Crippen LogP contribution in [0.5, 0.6) is 0 Å². The van der Waals surface area contributed by atoms with Crippen LogP contribution in [0.1, 0.15) is 16.7 Å². The fourth-order valence-corrected chi connectivity index (χ4v) is 2.64. The molecule has 1 aliphatic rings. The van der Waals surface area contributed by atoms with Crippen LogP contribution >= 0.6 is 0 Å². The maximum atomic E-state index is 12.3. The minimum atomic E-state index is -0.0787. The monoisotopic (exact) mass is 275 g/mol. The quantitative estimate of drug-likeness (QED) is 0.717. The first-order valence-corrected chi connectivity index (χ1v) is 6.82. The zero-order valence-corrected chi connectivity index (χ0v) is 11.3. The molecule has 0 saturated carbocycles. The van der Waals surface area contributed by atoms with Crippen molar-refractivity contribution in [3.05, 3.63) is 75.8 Å². The Balaban J connectivity index is 1.90. The van der Waals surface area contributed by atoms with E-state index in [1.54, 1.807) is 6.20 Å². The third-order valence-electron chi connectivity index (χ3n) is 3.75. The highest BCUT2D eigenvalue weighted by Gasteiger charge is 2.14. The van der Waals surface area contributed by atoms with E-state index in [9.17, 15) is 4.79 Å². The van der Waals surface area contributed by atoms with E-state index in [-0.39, 0.29) is 5.56 Å². The van der Waals surface area contributed by atoms with Gasteiger partial charge in [-0.15, -0.1) is 0 Å². The van der Waals surface area contributed by atoms with Crippen LogP contribution in [0, 0.1) is 0 Å². The van der Waals surface area contributed by atoms with Crippen molar-refractivity contribution in [2.75, 3.05) is 0 Å². The van der Waals surface area contributed by atoms with Crippen LogP contribution < -0.4 is 10.9 Å². The molecule has 0 spiro atoms. The molecule has 3 heterocycles. The van der Waals surface area contributed by atoms with Gasteiger partial charge in [-0.3, -0.25) is 9.78 Å². The summed E-state index contributed by atoms with van der Waals surface area (Å²) in [4.78, 5) is 19.3. The number of pyridine rings is 2. The third-order valence-corrected chi connectivity index (χ3v) is 3.75. The first-order chi connectivity index (χ1) is 10.3. The van der Waals surface area contributed by atoms with Gasteiger partial charge in [-0.25, -0.2) is 0 Å². The largest absolute Gasteiger partial charge is 0.380 e. The van der Waals surface area contributed by atoms with E-state index in [0.717, 1.165) is 27.7 Å². The Morgan fingerprint density at radius 2 is 2.05 bits per heavy atom. The van der Waals surface area contributed by atoms with Crippen molar-refractivity contribution in [3.63, 3.8) is 0 Å². The Bertz CT molecular complexity index is 924. The number of nitrogens with one attached hydrogen (secondary N) is 2. The Morgan fingerprint density at radius 1 is 1.14 bits per heavy atom. The number of rotatable bonds is 1. The molecule has 21 heavy (non-hydrogen) atoms. The van der Waals surface area contributed by atoms with Gasteiger partial charge in [0, 0.05) is 30.2 Å². The molecule has 0 aliphatic carbocycles. The highest BCUT2D eigenvalue weighted by Crippen LogP contribution is 2.22. The van der Waals surface area contributed by atoms with Crippen molar-refractivity contribution in [2.24, 2.45) is 0 Å². The third kappa shape index (κ3) is 2.01. The van der Waals surface area contributed by atoms with E-state index in [2.05, 4.69) is 15.3 Å². The molecule has 4 rings (SSSR count). The highest BCUT2D eigenvalue weighted by atomic mass is 16.1. The molecule has 4 nitrogen and oxygen atoms in total. The second kappa shape index (κ2) is 4.59. The van der Waals surface area contributed by atoms with Gasteiger partial charge >= 0.3 is 0 Å². The molecule has 0 bridgehead atoms. The van der Waals surface area contributed by atoms with Crippen LogP contribution in [0.2, 0.25) is 0 Å². The van der Waals surface area contributed by atoms with Gasteiger partial charge in [0.1, 0.15) is 0 Å². The van der Waals surface area contributed by atoms with Gasteiger partial charge < -0.3 is 10.3 Å². The van der Waals surface area contributed by atoms with Gasteiger partial charge in [-0.05, 0) is 40.8 Å². The van der Waals surface area contributed by atoms with Crippen LogP contribution in [0.3, 0.4) is 0 Å². The summed E-state index contributed by atoms with van der Waals surface area (Å²) in [6, 6.07) is 11.7. The number of fused-ring (bicyclic) bond motifs is 2. The summed E-state index contributed by atoms with van der Waals surface area (Å²) in [6.07, 6.45) is 5.61. The van der Waals surface area contributed by atoms with E-state index < -0.39 is 0 Å². The molecule has 3 aromatic rings. The van der Waals surface area contributed by atoms with Crippen molar-refractivity contribution >= 4 is 22.7 Å². The van der Waals surface area contributed by atoms with Crippen LogP contribution in [0.15, 0.2) is 53.6 Å². The lowest BCUT2D eigenvalue weighted by Crippen LogP contribution is -2.22. The smallest absolute Gasteiger partial charge is 0.257 e. The lowest BCUT2D eigenvalue weighted by atomic mass is 10.0. The highest BCUT2D eigenvalue weighted by molar-refractivity contribution is 5.87. The van der Waals surface area contributed by atoms with Gasteiger partial charge in [0.05, 0.1) is 5.56 Å². The molecule has 0 radical (unpaired) electrons. The van der Waals surface area contributed by atoms with Gasteiger partial charge in [0.2, 0.25) is 0 Å². The molecule has 0 unspecified atom stereocenters. The maximum Gasteiger partial charge on any atom is 0.257 e. The summed E-state index contributed by atoms with van der Waals surface area (Å²) < 4.78 is 0. The van der Waals surface area contributed by atoms with Gasteiger partial charge in [-0.1, -0.05) is 18.2 Å². The summed E-state index contributed by atoms with van der Waals surface area (Å²) in [5, 5.41) is 4.32. The number of hydrogen-bond acceptors (Lipinski definition) is 3. The molecule has 2 N–H and O–H groups in total. The Kier molecular flexibility index (Phi) is 2.60. The molecule has 0 fully saturated rings. The summed E-state index contributed by atoms with van der Waals surface area (Å²) in [5.74, 6) is 0. The molecule has 2 aromatic heterocycles. The van der Waals surface area contributed by atoms with Crippen LogP contribution in [-0.2, 0) is 6.54 Å². The first kappa shape index (κ1) is 11.9. The fraction of sp³-hybridized carbons (Fsp3) is 0.0588. The average molecular weight is 275 g/mol. The predicted molar refractivity (Wildman–Crippen MR) is 83.5 cm³/mol. The molecular formula is C17H13N3O. The zero-order valence-electron chi connectivity index (χ0n) is 11.3. The van der Waals surface area contributed by atoms with Crippen molar-refractivity contribution in [3.8, 4) is 0 Å². The molecule has 0 atom stereocenters. The van der Waals surface area contributed by atoms with Crippen LogP contribution in [0.4, 0.5) is 0 Å². The van der Waals surface area contributed by atoms with Crippen LogP contribution in [-0.4, -0.2) is 9.97 Å². The molecule has 4 heteroatoms. The normalized spacial score (nSPS) is 13.4. The van der Waals surface area contributed by atoms with Gasteiger partial charge in [0.15, 0.2) is 0 Å². The lowest BCUT2D eigenvalue weighted by molar-refractivity contribution is 0.868. The minimum Gasteiger partial charge on any atom is -0.380 e. The molecule has 0 saturated heterocycles. The number of H-pyrrole nitrogens is 1. The summed E-state index contributed by atoms with van der Waals surface area (Å²) in [5.41, 5.74) is 4.53. The minimum absolute atomic E-state index is 0.0787. The van der Waals surface area contributed by atoms with E-state index in [4.69, 9.17) is 0 Å². The second-order valence-corrected chi connectivity index (χ2v) is 5.09.